The molecule has 1 aromatic rings. The molecule has 0 aliphatic heterocycles. The Morgan fingerprint density at radius 3 is 2.27 bits per heavy atom. The first kappa shape index (κ1) is 11.2. The van der Waals surface area contributed by atoms with Crippen molar-refractivity contribution in [3.63, 3.8) is 0 Å². The zero-order chi connectivity index (χ0) is 11.3. The maximum absolute atomic E-state index is 11.4. The van der Waals surface area contributed by atoms with Crippen molar-refractivity contribution in [3.05, 3.63) is 35.9 Å². The van der Waals surface area contributed by atoms with E-state index in [1.54, 1.807) is 30.3 Å². The fraction of sp³-hybridized carbons (Fsp3) is 0.273. The number of esters is 2. The number of carbonyl (C=O) groups is 2. The average Bonchev–Trinajstić information content (AvgIpc) is 2.17. The van der Waals surface area contributed by atoms with Gasteiger partial charge in [-0.15, -0.1) is 0 Å². The van der Waals surface area contributed by atoms with Crippen LogP contribution in [-0.4, -0.2) is 18.2 Å². The Bertz CT molecular complexity index is 345. The van der Waals surface area contributed by atoms with E-state index in [1.807, 2.05) is 0 Å². The molecule has 0 aliphatic carbocycles. The molecule has 0 aromatic heterocycles. The smallest absolute Gasteiger partial charge is 0.341 e. The van der Waals surface area contributed by atoms with Crippen LogP contribution in [0.5, 0.6) is 0 Å². The number of benzene rings is 1. The van der Waals surface area contributed by atoms with Crippen LogP contribution in [0, 0.1) is 0 Å². The molecule has 0 aliphatic rings. The van der Waals surface area contributed by atoms with Gasteiger partial charge in [-0.1, -0.05) is 18.2 Å². The SMILES string of the molecule is CC(=O)O[C@H](C)OC(=O)c1ccccc1. The van der Waals surface area contributed by atoms with Crippen LogP contribution < -0.4 is 0 Å². The van der Waals surface area contributed by atoms with Gasteiger partial charge in [-0.05, 0) is 12.1 Å². The highest BCUT2D eigenvalue weighted by Gasteiger charge is 2.12. The average molecular weight is 208 g/mol. The zero-order valence-electron chi connectivity index (χ0n) is 8.60. The van der Waals surface area contributed by atoms with Gasteiger partial charge in [0.2, 0.25) is 6.29 Å². The predicted octanol–water partition coefficient (Wildman–Crippen LogP) is 1.75. The second-order valence-electron chi connectivity index (χ2n) is 2.95. The van der Waals surface area contributed by atoms with Gasteiger partial charge in [-0.2, -0.15) is 0 Å². The molecule has 0 saturated heterocycles. The van der Waals surface area contributed by atoms with E-state index < -0.39 is 18.2 Å². The van der Waals surface area contributed by atoms with Crippen LogP contribution in [0.25, 0.3) is 0 Å². The summed E-state index contributed by atoms with van der Waals surface area (Å²) in [6, 6.07) is 8.51. The molecule has 80 valence electrons. The largest absolute Gasteiger partial charge is 0.426 e. The summed E-state index contributed by atoms with van der Waals surface area (Å²) < 4.78 is 9.53. The number of rotatable bonds is 3. The fourth-order valence-corrected chi connectivity index (χ4v) is 1.05. The van der Waals surface area contributed by atoms with Crippen LogP contribution in [0.4, 0.5) is 0 Å². The van der Waals surface area contributed by atoms with Gasteiger partial charge in [0.05, 0.1) is 5.56 Å². The van der Waals surface area contributed by atoms with Crippen molar-refractivity contribution < 1.29 is 19.1 Å². The Morgan fingerprint density at radius 2 is 1.73 bits per heavy atom. The summed E-state index contributed by atoms with van der Waals surface area (Å²) in [7, 11) is 0. The summed E-state index contributed by atoms with van der Waals surface area (Å²) >= 11 is 0. The Hall–Kier alpha value is -1.84. The van der Waals surface area contributed by atoms with E-state index >= 15 is 0 Å². The first-order valence-electron chi connectivity index (χ1n) is 4.53. The van der Waals surface area contributed by atoms with Gasteiger partial charge < -0.3 is 9.47 Å². The number of hydrogen-bond donors (Lipinski definition) is 0. The van der Waals surface area contributed by atoms with Crippen molar-refractivity contribution in [3.8, 4) is 0 Å². The number of carbonyl (C=O) groups excluding carboxylic acids is 2. The summed E-state index contributed by atoms with van der Waals surface area (Å²) in [4.78, 5) is 22.0. The maximum atomic E-state index is 11.4. The molecule has 0 radical (unpaired) electrons. The lowest BCUT2D eigenvalue weighted by molar-refractivity contribution is -0.162. The van der Waals surface area contributed by atoms with E-state index in [-0.39, 0.29) is 0 Å². The molecule has 15 heavy (non-hydrogen) atoms. The van der Waals surface area contributed by atoms with Crippen molar-refractivity contribution in [2.75, 3.05) is 0 Å². The molecule has 1 atom stereocenters. The zero-order valence-corrected chi connectivity index (χ0v) is 8.60. The van der Waals surface area contributed by atoms with E-state index in [0.717, 1.165) is 0 Å². The van der Waals surface area contributed by atoms with Gasteiger partial charge in [0.15, 0.2) is 0 Å². The van der Waals surface area contributed by atoms with Crippen molar-refractivity contribution in [1.29, 1.82) is 0 Å². The van der Waals surface area contributed by atoms with Crippen molar-refractivity contribution >= 4 is 11.9 Å². The highest BCUT2D eigenvalue weighted by Crippen LogP contribution is 2.04. The van der Waals surface area contributed by atoms with E-state index in [2.05, 4.69) is 4.74 Å². The van der Waals surface area contributed by atoms with Gasteiger partial charge in [-0.25, -0.2) is 4.79 Å². The standard InChI is InChI=1S/C11H12O4/c1-8(12)14-9(2)15-11(13)10-6-4-3-5-7-10/h3-7,9H,1-2H3/t9-/m0/s1. The normalized spacial score (nSPS) is 11.6. The number of ether oxygens (including phenoxy) is 2. The van der Waals surface area contributed by atoms with Crippen LogP contribution in [0.1, 0.15) is 24.2 Å². The number of hydrogen-bond acceptors (Lipinski definition) is 4. The van der Waals surface area contributed by atoms with Gasteiger partial charge in [0, 0.05) is 13.8 Å². The molecule has 0 fully saturated rings. The molecule has 1 rings (SSSR count). The van der Waals surface area contributed by atoms with Crippen molar-refractivity contribution in [2.24, 2.45) is 0 Å². The molecular formula is C11H12O4. The summed E-state index contributed by atoms with van der Waals surface area (Å²) in [6.45, 7) is 2.75. The highest BCUT2D eigenvalue weighted by molar-refractivity contribution is 5.89. The molecular weight excluding hydrogens is 196 g/mol. The fourth-order valence-electron chi connectivity index (χ4n) is 1.05. The van der Waals surface area contributed by atoms with Gasteiger partial charge in [0.25, 0.3) is 0 Å². The second kappa shape index (κ2) is 5.14. The monoisotopic (exact) mass is 208 g/mol. The van der Waals surface area contributed by atoms with E-state index in [0.29, 0.717) is 5.56 Å². The molecule has 0 heterocycles. The van der Waals surface area contributed by atoms with Crippen LogP contribution in [0.15, 0.2) is 30.3 Å². The van der Waals surface area contributed by atoms with E-state index in [4.69, 9.17) is 4.74 Å². The minimum atomic E-state index is -0.866. The summed E-state index contributed by atoms with van der Waals surface area (Å²) in [5.41, 5.74) is 0.427. The Labute approximate surface area is 87.8 Å². The summed E-state index contributed by atoms with van der Waals surface area (Å²) in [5.74, 6) is -0.993. The molecule has 4 nitrogen and oxygen atoms in total. The Morgan fingerprint density at radius 1 is 1.13 bits per heavy atom. The minimum Gasteiger partial charge on any atom is -0.426 e. The van der Waals surface area contributed by atoms with Gasteiger partial charge >= 0.3 is 11.9 Å². The summed E-state index contributed by atoms with van der Waals surface area (Å²) in [5, 5.41) is 0. The van der Waals surface area contributed by atoms with Gasteiger partial charge in [-0.3, -0.25) is 4.79 Å². The molecule has 0 unspecified atom stereocenters. The lowest BCUT2D eigenvalue weighted by atomic mass is 10.2. The molecule has 4 heteroatoms. The lowest BCUT2D eigenvalue weighted by Gasteiger charge is -2.12. The van der Waals surface area contributed by atoms with Crippen molar-refractivity contribution in [1.82, 2.24) is 0 Å². The lowest BCUT2D eigenvalue weighted by Crippen LogP contribution is -2.20. The maximum Gasteiger partial charge on any atom is 0.341 e. The Kier molecular flexibility index (Phi) is 3.85. The Balaban J connectivity index is 2.53. The van der Waals surface area contributed by atoms with Crippen LogP contribution >= 0.6 is 0 Å². The van der Waals surface area contributed by atoms with Crippen LogP contribution in [-0.2, 0) is 14.3 Å². The third kappa shape index (κ3) is 3.81. The quantitative estimate of drug-likeness (QED) is 0.561. The molecule has 0 saturated carbocycles. The predicted molar refractivity (Wildman–Crippen MR) is 53.1 cm³/mol. The first-order valence-corrected chi connectivity index (χ1v) is 4.53. The highest BCUT2D eigenvalue weighted by atomic mass is 16.7. The summed E-state index contributed by atoms with van der Waals surface area (Å²) in [6.07, 6.45) is -0.866. The molecule has 0 bridgehead atoms. The molecule has 0 N–H and O–H groups in total. The third-order valence-corrected chi connectivity index (χ3v) is 1.61. The van der Waals surface area contributed by atoms with Crippen molar-refractivity contribution in [2.45, 2.75) is 20.1 Å². The van der Waals surface area contributed by atoms with E-state index in [9.17, 15) is 9.59 Å². The molecule has 0 spiro atoms. The van der Waals surface area contributed by atoms with Crippen LogP contribution in [0.3, 0.4) is 0 Å². The third-order valence-electron chi connectivity index (χ3n) is 1.61. The second-order valence-corrected chi connectivity index (χ2v) is 2.95. The van der Waals surface area contributed by atoms with Crippen LogP contribution in [0.2, 0.25) is 0 Å². The first-order chi connectivity index (χ1) is 7.09. The van der Waals surface area contributed by atoms with Gasteiger partial charge in [0.1, 0.15) is 0 Å². The molecule has 1 aromatic carbocycles. The topological polar surface area (TPSA) is 52.6 Å². The minimum absolute atomic E-state index is 0.427. The van der Waals surface area contributed by atoms with E-state index in [1.165, 1.54) is 13.8 Å². The molecule has 0 amide bonds.